The van der Waals surface area contributed by atoms with Gasteiger partial charge < -0.3 is 9.73 Å². The van der Waals surface area contributed by atoms with Crippen molar-refractivity contribution in [2.45, 2.75) is 58.8 Å². The second kappa shape index (κ2) is 5.69. The van der Waals surface area contributed by atoms with Gasteiger partial charge >= 0.3 is 0 Å². The molecule has 0 radical (unpaired) electrons. The van der Waals surface area contributed by atoms with Crippen molar-refractivity contribution >= 4 is 0 Å². The number of nitrogens with zero attached hydrogens (tertiary/aromatic N) is 1. The van der Waals surface area contributed by atoms with Gasteiger partial charge in [-0.25, -0.2) is 0 Å². The first kappa shape index (κ1) is 12.7. The minimum absolute atomic E-state index is 0.583. The Labute approximate surface area is 104 Å². The van der Waals surface area contributed by atoms with Crippen LogP contribution in [0.3, 0.4) is 0 Å². The predicted molar refractivity (Wildman–Crippen MR) is 69.8 cm³/mol. The lowest BCUT2D eigenvalue weighted by molar-refractivity contribution is 0.223. The van der Waals surface area contributed by atoms with E-state index in [0.717, 1.165) is 31.4 Å². The number of hydrogen-bond donors (Lipinski definition) is 1. The first-order chi connectivity index (χ1) is 8.20. The van der Waals surface area contributed by atoms with Crippen LogP contribution in [0.25, 0.3) is 0 Å². The van der Waals surface area contributed by atoms with Crippen LogP contribution in [-0.4, -0.2) is 23.5 Å². The minimum atomic E-state index is 0.583. The maximum Gasteiger partial charge on any atom is 0.122 e. The lowest BCUT2D eigenvalue weighted by Gasteiger charge is -2.24. The molecule has 1 aromatic rings. The Morgan fingerprint density at radius 1 is 1.47 bits per heavy atom. The number of nitrogens with one attached hydrogen (secondary N) is 1. The van der Waals surface area contributed by atoms with E-state index in [2.05, 4.69) is 37.1 Å². The maximum absolute atomic E-state index is 5.58. The van der Waals surface area contributed by atoms with Gasteiger partial charge in [-0.15, -0.1) is 0 Å². The molecule has 1 saturated carbocycles. The van der Waals surface area contributed by atoms with Crippen LogP contribution >= 0.6 is 0 Å². The van der Waals surface area contributed by atoms with Crippen molar-refractivity contribution in [2.24, 2.45) is 0 Å². The smallest absolute Gasteiger partial charge is 0.122 e. The van der Waals surface area contributed by atoms with E-state index < -0.39 is 0 Å². The molecule has 0 spiro atoms. The van der Waals surface area contributed by atoms with Gasteiger partial charge in [-0.3, -0.25) is 4.90 Å². The maximum atomic E-state index is 5.58. The molecule has 17 heavy (non-hydrogen) atoms. The van der Waals surface area contributed by atoms with E-state index in [4.69, 9.17) is 4.42 Å². The summed E-state index contributed by atoms with van der Waals surface area (Å²) in [6.07, 6.45) is 4.46. The molecule has 1 N–H and O–H groups in total. The van der Waals surface area contributed by atoms with Crippen LogP contribution in [0.4, 0.5) is 0 Å². The summed E-state index contributed by atoms with van der Waals surface area (Å²) in [4.78, 5) is 2.45. The average molecular weight is 236 g/mol. The van der Waals surface area contributed by atoms with Gasteiger partial charge in [0, 0.05) is 24.2 Å². The van der Waals surface area contributed by atoms with Gasteiger partial charge in [-0.05, 0) is 39.3 Å². The van der Waals surface area contributed by atoms with E-state index in [1.165, 1.54) is 18.4 Å². The van der Waals surface area contributed by atoms with Gasteiger partial charge in [0.25, 0.3) is 0 Å². The highest BCUT2D eigenvalue weighted by atomic mass is 16.3. The molecule has 1 aliphatic carbocycles. The van der Waals surface area contributed by atoms with Crippen LogP contribution in [0.15, 0.2) is 16.7 Å². The lowest BCUT2D eigenvalue weighted by atomic mass is 10.2. The van der Waals surface area contributed by atoms with Gasteiger partial charge in [-0.1, -0.05) is 6.92 Å². The highest BCUT2D eigenvalue weighted by Crippen LogP contribution is 2.21. The van der Waals surface area contributed by atoms with Crippen LogP contribution in [0.2, 0.25) is 0 Å². The normalized spacial score (nSPS) is 16.1. The molecule has 0 saturated heterocycles. The number of hydrogen-bond acceptors (Lipinski definition) is 3. The monoisotopic (exact) mass is 236 g/mol. The Bertz CT molecular complexity index is 342. The van der Waals surface area contributed by atoms with Crippen molar-refractivity contribution in [3.05, 3.63) is 23.7 Å². The van der Waals surface area contributed by atoms with Gasteiger partial charge in [0.15, 0.2) is 0 Å². The van der Waals surface area contributed by atoms with Crippen molar-refractivity contribution in [1.82, 2.24) is 10.2 Å². The summed E-state index contributed by atoms with van der Waals surface area (Å²) in [5.74, 6) is 1.11. The standard InChI is InChI=1S/C14H24N2O/c1-4-16(11(2)3)10-12-7-8-17-14(12)9-15-13-5-6-13/h7-8,11,13,15H,4-6,9-10H2,1-3H3. The fourth-order valence-electron chi connectivity index (χ4n) is 2.07. The van der Waals surface area contributed by atoms with Gasteiger partial charge in [0.2, 0.25) is 0 Å². The molecule has 3 nitrogen and oxygen atoms in total. The van der Waals surface area contributed by atoms with E-state index in [0.29, 0.717) is 6.04 Å². The molecule has 0 aromatic carbocycles. The summed E-state index contributed by atoms with van der Waals surface area (Å²) in [6, 6.07) is 3.43. The molecule has 1 aromatic heterocycles. The van der Waals surface area contributed by atoms with Crippen molar-refractivity contribution < 1.29 is 4.42 Å². The SMILES string of the molecule is CCN(Cc1ccoc1CNC1CC1)C(C)C. The summed E-state index contributed by atoms with van der Waals surface area (Å²) in [5.41, 5.74) is 1.33. The Balaban J connectivity index is 1.91. The van der Waals surface area contributed by atoms with Gasteiger partial charge in [0.1, 0.15) is 5.76 Å². The second-order valence-electron chi connectivity index (χ2n) is 5.18. The highest BCUT2D eigenvalue weighted by Gasteiger charge is 2.21. The predicted octanol–water partition coefficient (Wildman–Crippen LogP) is 2.76. The number of furan rings is 1. The van der Waals surface area contributed by atoms with Crippen molar-refractivity contribution in [3.63, 3.8) is 0 Å². The fourth-order valence-corrected chi connectivity index (χ4v) is 2.07. The Hall–Kier alpha value is -0.800. The van der Waals surface area contributed by atoms with Gasteiger partial charge in [0.05, 0.1) is 12.8 Å². The van der Waals surface area contributed by atoms with Crippen molar-refractivity contribution in [3.8, 4) is 0 Å². The summed E-state index contributed by atoms with van der Waals surface area (Å²) < 4.78 is 5.58. The molecule has 0 bridgehead atoms. The highest BCUT2D eigenvalue weighted by molar-refractivity contribution is 5.17. The number of rotatable bonds is 7. The van der Waals surface area contributed by atoms with E-state index in [-0.39, 0.29) is 0 Å². The molecule has 0 atom stereocenters. The van der Waals surface area contributed by atoms with Crippen LogP contribution in [-0.2, 0) is 13.1 Å². The first-order valence-electron chi connectivity index (χ1n) is 6.73. The summed E-state index contributed by atoms with van der Waals surface area (Å²) in [6.45, 7) is 9.65. The Morgan fingerprint density at radius 2 is 2.24 bits per heavy atom. The van der Waals surface area contributed by atoms with Crippen LogP contribution in [0, 0.1) is 0 Å². The largest absolute Gasteiger partial charge is 0.468 e. The van der Waals surface area contributed by atoms with Crippen LogP contribution < -0.4 is 5.32 Å². The third kappa shape index (κ3) is 3.58. The quantitative estimate of drug-likeness (QED) is 0.789. The zero-order chi connectivity index (χ0) is 12.3. The minimum Gasteiger partial charge on any atom is -0.468 e. The summed E-state index contributed by atoms with van der Waals surface area (Å²) in [5, 5.41) is 3.51. The van der Waals surface area contributed by atoms with Crippen LogP contribution in [0.5, 0.6) is 0 Å². The molecular formula is C14H24N2O. The van der Waals surface area contributed by atoms with E-state index in [1.807, 2.05) is 6.26 Å². The second-order valence-corrected chi connectivity index (χ2v) is 5.18. The molecule has 1 aliphatic rings. The molecular weight excluding hydrogens is 212 g/mol. The summed E-state index contributed by atoms with van der Waals surface area (Å²) >= 11 is 0. The lowest BCUT2D eigenvalue weighted by Crippen LogP contribution is -2.30. The molecule has 0 aliphatic heterocycles. The molecule has 0 amide bonds. The van der Waals surface area contributed by atoms with E-state index in [1.54, 1.807) is 0 Å². The van der Waals surface area contributed by atoms with Gasteiger partial charge in [-0.2, -0.15) is 0 Å². The Morgan fingerprint density at radius 3 is 2.82 bits per heavy atom. The van der Waals surface area contributed by atoms with Crippen LogP contribution in [0.1, 0.15) is 44.9 Å². The third-order valence-corrected chi connectivity index (χ3v) is 3.48. The van der Waals surface area contributed by atoms with Crippen molar-refractivity contribution in [2.75, 3.05) is 6.54 Å². The average Bonchev–Trinajstić information content (AvgIpc) is 3.03. The fraction of sp³-hybridized carbons (Fsp3) is 0.714. The zero-order valence-electron chi connectivity index (χ0n) is 11.2. The topological polar surface area (TPSA) is 28.4 Å². The summed E-state index contributed by atoms with van der Waals surface area (Å²) in [7, 11) is 0. The molecule has 3 heteroatoms. The molecule has 2 rings (SSSR count). The van der Waals surface area contributed by atoms with E-state index in [9.17, 15) is 0 Å². The third-order valence-electron chi connectivity index (χ3n) is 3.48. The molecule has 1 fully saturated rings. The zero-order valence-corrected chi connectivity index (χ0v) is 11.2. The van der Waals surface area contributed by atoms with Crippen molar-refractivity contribution in [1.29, 1.82) is 0 Å². The van der Waals surface area contributed by atoms with E-state index >= 15 is 0 Å². The molecule has 1 heterocycles. The first-order valence-corrected chi connectivity index (χ1v) is 6.73. The Kier molecular flexibility index (Phi) is 4.24. The molecule has 0 unspecified atom stereocenters. The molecule has 96 valence electrons.